The number of nitrogens with one attached hydrogen (secondary N) is 1. The van der Waals surface area contributed by atoms with Gasteiger partial charge < -0.3 is 10.1 Å². The molecule has 4 nitrogen and oxygen atoms in total. The Labute approximate surface area is 170 Å². The highest BCUT2D eigenvalue weighted by Crippen LogP contribution is 2.48. The van der Waals surface area contributed by atoms with Gasteiger partial charge in [0.25, 0.3) is 0 Å². The Kier molecular flexibility index (Phi) is 4.66. The predicted molar refractivity (Wildman–Crippen MR) is 109 cm³/mol. The first-order valence-corrected chi connectivity index (χ1v) is 10.5. The molecule has 1 aliphatic carbocycles. The van der Waals surface area contributed by atoms with Gasteiger partial charge in [-0.25, -0.2) is 0 Å². The number of amides is 1. The molecule has 146 valence electrons. The first-order chi connectivity index (χ1) is 13.6. The average molecular weight is 397 g/mol. The van der Waals surface area contributed by atoms with Crippen molar-refractivity contribution in [3.63, 3.8) is 0 Å². The number of carbonyl (C=O) groups excluding carboxylic acids is 1. The van der Waals surface area contributed by atoms with Crippen LogP contribution in [0.2, 0.25) is 5.02 Å². The van der Waals surface area contributed by atoms with E-state index < -0.39 is 0 Å². The van der Waals surface area contributed by atoms with Crippen LogP contribution in [0, 0.1) is 0 Å². The maximum absolute atomic E-state index is 13.1. The fourth-order valence-corrected chi connectivity index (χ4v) is 4.84. The molecule has 28 heavy (non-hydrogen) atoms. The largest absolute Gasteiger partial charge is 0.371 e. The lowest BCUT2D eigenvalue weighted by Gasteiger charge is -2.35. The summed E-state index contributed by atoms with van der Waals surface area (Å²) in [6, 6.07) is 18.7. The van der Waals surface area contributed by atoms with Crippen molar-refractivity contribution in [2.75, 3.05) is 19.7 Å². The van der Waals surface area contributed by atoms with Crippen LogP contribution in [0.15, 0.2) is 54.6 Å². The van der Waals surface area contributed by atoms with Crippen molar-refractivity contribution in [3.8, 4) is 0 Å². The molecule has 3 fully saturated rings. The van der Waals surface area contributed by atoms with Gasteiger partial charge in [0.15, 0.2) is 0 Å². The van der Waals surface area contributed by atoms with E-state index in [1.807, 2.05) is 30.3 Å². The van der Waals surface area contributed by atoms with Gasteiger partial charge in [-0.05, 0) is 42.5 Å². The van der Waals surface area contributed by atoms with Crippen LogP contribution >= 0.6 is 11.6 Å². The number of hydrogen-bond donors (Lipinski definition) is 1. The van der Waals surface area contributed by atoms with Gasteiger partial charge in [0, 0.05) is 30.2 Å². The lowest BCUT2D eigenvalue weighted by Crippen LogP contribution is -2.44. The van der Waals surface area contributed by atoms with Crippen molar-refractivity contribution in [3.05, 3.63) is 70.7 Å². The average Bonchev–Trinajstić information content (AvgIpc) is 3.43. The zero-order valence-electron chi connectivity index (χ0n) is 15.8. The molecule has 0 aromatic heterocycles. The third kappa shape index (κ3) is 3.34. The lowest BCUT2D eigenvalue weighted by molar-refractivity contribution is -0.124. The second-order valence-electron chi connectivity index (χ2n) is 8.34. The van der Waals surface area contributed by atoms with Crippen LogP contribution < -0.4 is 5.32 Å². The molecule has 0 spiro atoms. The second-order valence-corrected chi connectivity index (χ2v) is 8.77. The third-order valence-electron chi connectivity index (χ3n) is 6.51. The van der Waals surface area contributed by atoms with Crippen LogP contribution in [0.1, 0.15) is 36.5 Å². The lowest BCUT2D eigenvalue weighted by atomic mass is 9.94. The van der Waals surface area contributed by atoms with E-state index in [0.717, 1.165) is 44.5 Å². The minimum absolute atomic E-state index is 0.121. The number of morpholine rings is 1. The molecule has 2 aromatic rings. The number of benzene rings is 2. The minimum atomic E-state index is -0.350. The Morgan fingerprint density at radius 1 is 1.07 bits per heavy atom. The van der Waals surface area contributed by atoms with Crippen LogP contribution in [0.4, 0.5) is 0 Å². The maximum Gasteiger partial charge on any atom is 0.230 e. The highest BCUT2D eigenvalue weighted by molar-refractivity contribution is 6.30. The number of nitrogens with zero attached hydrogens (tertiary/aromatic N) is 1. The van der Waals surface area contributed by atoms with E-state index in [9.17, 15) is 4.79 Å². The van der Waals surface area contributed by atoms with Crippen molar-refractivity contribution in [1.29, 1.82) is 0 Å². The number of rotatable bonds is 4. The normalized spacial score (nSPS) is 28.5. The van der Waals surface area contributed by atoms with E-state index in [4.69, 9.17) is 16.3 Å². The highest BCUT2D eigenvalue weighted by Gasteiger charge is 2.52. The first kappa shape index (κ1) is 18.2. The predicted octanol–water partition coefficient (Wildman–Crippen LogP) is 3.70. The maximum atomic E-state index is 13.1. The van der Waals surface area contributed by atoms with E-state index in [1.54, 1.807) is 0 Å². The Bertz CT molecular complexity index is 851. The van der Waals surface area contributed by atoms with Crippen molar-refractivity contribution in [2.24, 2.45) is 0 Å². The molecule has 2 heterocycles. The molecule has 0 radical (unpaired) electrons. The Balaban J connectivity index is 1.22. The molecular formula is C23H25ClN2O2. The quantitative estimate of drug-likeness (QED) is 0.856. The van der Waals surface area contributed by atoms with Gasteiger partial charge in [0.2, 0.25) is 5.91 Å². The monoisotopic (exact) mass is 396 g/mol. The summed E-state index contributed by atoms with van der Waals surface area (Å²) in [5.74, 6) is 0.167. The SMILES string of the molecule is O=C(N[C@@H]1C[C@H]2CO[C@@H](c3ccccc3)CN2C1)C1(c2ccc(Cl)cc2)CC1. The van der Waals surface area contributed by atoms with E-state index in [0.29, 0.717) is 11.1 Å². The fraction of sp³-hybridized carbons (Fsp3) is 0.435. The molecule has 2 aliphatic heterocycles. The molecule has 0 unspecified atom stereocenters. The molecule has 1 amide bonds. The molecule has 2 saturated heterocycles. The molecule has 2 aromatic carbocycles. The summed E-state index contributed by atoms with van der Waals surface area (Å²) in [6.45, 7) is 2.53. The molecular weight excluding hydrogens is 372 g/mol. The summed E-state index contributed by atoms with van der Waals surface area (Å²) in [7, 11) is 0. The van der Waals surface area contributed by atoms with E-state index >= 15 is 0 Å². The number of halogens is 1. The van der Waals surface area contributed by atoms with E-state index in [-0.39, 0.29) is 23.5 Å². The summed E-state index contributed by atoms with van der Waals surface area (Å²) >= 11 is 6.01. The Morgan fingerprint density at radius 2 is 1.82 bits per heavy atom. The van der Waals surface area contributed by atoms with Crippen LogP contribution in [0.3, 0.4) is 0 Å². The summed E-state index contributed by atoms with van der Waals surface area (Å²) in [6.07, 6.45) is 2.92. The number of ether oxygens (including phenoxy) is 1. The Morgan fingerprint density at radius 3 is 2.54 bits per heavy atom. The van der Waals surface area contributed by atoms with Crippen molar-refractivity contribution < 1.29 is 9.53 Å². The third-order valence-corrected chi connectivity index (χ3v) is 6.76. The summed E-state index contributed by atoms with van der Waals surface area (Å²) < 4.78 is 6.12. The van der Waals surface area contributed by atoms with Crippen LogP contribution in [0.25, 0.3) is 0 Å². The smallest absolute Gasteiger partial charge is 0.230 e. The van der Waals surface area contributed by atoms with Crippen molar-refractivity contribution >= 4 is 17.5 Å². The van der Waals surface area contributed by atoms with Gasteiger partial charge in [0.1, 0.15) is 0 Å². The molecule has 3 aliphatic rings. The van der Waals surface area contributed by atoms with Gasteiger partial charge in [0.05, 0.1) is 18.1 Å². The van der Waals surface area contributed by atoms with Crippen molar-refractivity contribution in [2.45, 2.75) is 42.9 Å². The van der Waals surface area contributed by atoms with E-state index in [1.165, 1.54) is 5.56 Å². The summed E-state index contributed by atoms with van der Waals surface area (Å²) in [5.41, 5.74) is 1.96. The van der Waals surface area contributed by atoms with Gasteiger partial charge in [-0.1, -0.05) is 54.1 Å². The number of fused-ring (bicyclic) bond motifs is 1. The summed E-state index contributed by atoms with van der Waals surface area (Å²) in [4.78, 5) is 15.5. The van der Waals surface area contributed by atoms with Crippen LogP contribution in [0.5, 0.6) is 0 Å². The molecule has 1 saturated carbocycles. The van der Waals surface area contributed by atoms with Gasteiger partial charge >= 0.3 is 0 Å². The highest BCUT2D eigenvalue weighted by atomic mass is 35.5. The van der Waals surface area contributed by atoms with Gasteiger partial charge in [-0.3, -0.25) is 9.69 Å². The fourth-order valence-electron chi connectivity index (χ4n) is 4.71. The zero-order valence-corrected chi connectivity index (χ0v) is 16.6. The first-order valence-electron chi connectivity index (χ1n) is 10.1. The van der Waals surface area contributed by atoms with Gasteiger partial charge in [-0.2, -0.15) is 0 Å². The number of hydrogen-bond acceptors (Lipinski definition) is 3. The molecule has 0 bridgehead atoms. The second kappa shape index (κ2) is 7.18. The van der Waals surface area contributed by atoms with Crippen LogP contribution in [-0.2, 0) is 14.9 Å². The van der Waals surface area contributed by atoms with Crippen LogP contribution in [-0.4, -0.2) is 42.6 Å². The van der Waals surface area contributed by atoms with Gasteiger partial charge in [-0.15, -0.1) is 0 Å². The zero-order chi connectivity index (χ0) is 19.1. The van der Waals surface area contributed by atoms with E-state index in [2.05, 4.69) is 34.5 Å². The standard InChI is InChI=1S/C23H25ClN2O2/c24-18-8-6-17(7-9-18)23(10-11-23)22(27)25-19-12-20-15-28-21(14-26(20)13-19)16-4-2-1-3-5-16/h1-9,19-21H,10-15H2,(H,25,27)/t19-,20+,21-/m1/s1. The Hall–Kier alpha value is -1.88. The molecule has 1 N–H and O–H groups in total. The molecule has 3 atom stereocenters. The summed E-state index contributed by atoms with van der Waals surface area (Å²) in [5, 5.41) is 4.05. The molecule has 5 heteroatoms. The number of carbonyl (C=O) groups is 1. The minimum Gasteiger partial charge on any atom is -0.371 e. The topological polar surface area (TPSA) is 41.6 Å². The molecule has 5 rings (SSSR count). The van der Waals surface area contributed by atoms with Crippen molar-refractivity contribution in [1.82, 2.24) is 10.2 Å².